The van der Waals surface area contributed by atoms with Gasteiger partial charge in [-0.25, -0.2) is 17.9 Å². The van der Waals surface area contributed by atoms with Gasteiger partial charge in [0.2, 0.25) is 5.91 Å². The fourth-order valence-electron chi connectivity index (χ4n) is 5.31. The third-order valence-corrected chi connectivity index (χ3v) is 7.41. The molecule has 2 amide bonds. The molecule has 0 bridgehead atoms. The molecule has 2 aromatic heterocycles. The van der Waals surface area contributed by atoms with E-state index in [0.717, 1.165) is 17.8 Å². The third-order valence-electron chi connectivity index (χ3n) is 7.41. The molecule has 2 saturated heterocycles. The predicted octanol–water partition coefficient (Wildman–Crippen LogP) is 3.92. The van der Waals surface area contributed by atoms with Crippen LogP contribution in [0.1, 0.15) is 23.3 Å². The number of benzene rings is 2. The SMILES string of the molecule is O=C(c1cc(-c2ccncc2)n(-c2ccc(F)c(F)c2)n1)N1CCC2(CC1)C(=O)NCN2c1ccc(F)cc1. The molecule has 198 valence electrons. The van der Waals surface area contributed by atoms with Crippen LogP contribution < -0.4 is 10.2 Å². The van der Waals surface area contributed by atoms with Gasteiger partial charge in [0.15, 0.2) is 17.3 Å². The Morgan fingerprint density at radius 1 is 0.872 bits per heavy atom. The van der Waals surface area contributed by atoms with Gasteiger partial charge in [-0.15, -0.1) is 0 Å². The fourth-order valence-corrected chi connectivity index (χ4v) is 5.31. The van der Waals surface area contributed by atoms with Crippen LogP contribution in [0, 0.1) is 17.5 Å². The maximum absolute atomic E-state index is 14.0. The van der Waals surface area contributed by atoms with Gasteiger partial charge in [-0.2, -0.15) is 5.10 Å². The summed E-state index contributed by atoms with van der Waals surface area (Å²) in [5.74, 6) is -2.84. The molecule has 0 radical (unpaired) electrons. The zero-order valence-electron chi connectivity index (χ0n) is 20.7. The lowest BCUT2D eigenvalue weighted by Crippen LogP contribution is -2.57. The third kappa shape index (κ3) is 4.29. The van der Waals surface area contributed by atoms with Crippen LogP contribution in [0.3, 0.4) is 0 Å². The van der Waals surface area contributed by atoms with Crippen molar-refractivity contribution in [3.05, 3.63) is 96.2 Å². The van der Waals surface area contributed by atoms with Gasteiger partial charge >= 0.3 is 0 Å². The van der Waals surface area contributed by atoms with Crippen molar-refractivity contribution in [3.8, 4) is 16.9 Å². The Kier molecular flexibility index (Phi) is 6.05. The number of aromatic nitrogens is 3. The Morgan fingerprint density at radius 2 is 1.56 bits per heavy atom. The summed E-state index contributed by atoms with van der Waals surface area (Å²) in [6.07, 6.45) is 3.93. The highest BCUT2D eigenvalue weighted by molar-refractivity contribution is 5.96. The second-order valence-corrected chi connectivity index (χ2v) is 9.55. The van der Waals surface area contributed by atoms with Gasteiger partial charge in [0, 0.05) is 42.8 Å². The van der Waals surface area contributed by atoms with Gasteiger partial charge in [0.1, 0.15) is 11.4 Å². The average Bonchev–Trinajstić information content (AvgIpc) is 3.54. The minimum Gasteiger partial charge on any atom is -0.339 e. The average molecular weight is 533 g/mol. The van der Waals surface area contributed by atoms with E-state index < -0.39 is 17.2 Å². The molecule has 2 aliphatic rings. The van der Waals surface area contributed by atoms with Crippen LogP contribution in [-0.4, -0.2) is 56.8 Å². The normalized spacial score (nSPS) is 16.5. The molecule has 1 N–H and O–H groups in total. The van der Waals surface area contributed by atoms with Crippen molar-refractivity contribution in [2.75, 3.05) is 24.7 Å². The van der Waals surface area contributed by atoms with Crippen LogP contribution in [-0.2, 0) is 4.79 Å². The Hall–Kier alpha value is -4.67. The van der Waals surface area contributed by atoms with Crippen molar-refractivity contribution in [1.82, 2.24) is 25.0 Å². The summed E-state index contributed by atoms with van der Waals surface area (Å²) in [5.41, 5.74) is 1.47. The van der Waals surface area contributed by atoms with Crippen molar-refractivity contribution in [2.24, 2.45) is 0 Å². The van der Waals surface area contributed by atoms with E-state index in [1.54, 1.807) is 47.6 Å². The zero-order valence-corrected chi connectivity index (χ0v) is 20.7. The van der Waals surface area contributed by atoms with Crippen LogP contribution in [0.4, 0.5) is 18.9 Å². The van der Waals surface area contributed by atoms with Crippen molar-refractivity contribution < 1.29 is 22.8 Å². The minimum atomic E-state index is -1.03. The van der Waals surface area contributed by atoms with E-state index in [4.69, 9.17) is 0 Å². The first-order chi connectivity index (χ1) is 18.9. The highest BCUT2D eigenvalue weighted by Crippen LogP contribution is 2.37. The molecule has 39 heavy (non-hydrogen) atoms. The molecule has 2 aliphatic heterocycles. The number of amides is 2. The predicted molar refractivity (Wildman–Crippen MR) is 136 cm³/mol. The number of likely N-dealkylation sites (tertiary alicyclic amines) is 1. The monoisotopic (exact) mass is 532 g/mol. The van der Waals surface area contributed by atoms with E-state index in [9.17, 15) is 22.8 Å². The van der Waals surface area contributed by atoms with Crippen molar-refractivity contribution in [2.45, 2.75) is 18.4 Å². The van der Waals surface area contributed by atoms with Crippen LogP contribution in [0.5, 0.6) is 0 Å². The van der Waals surface area contributed by atoms with Gasteiger partial charge < -0.3 is 15.1 Å². The molecule has 4 heterocycles. The number of carbonyl (C=O) groups is 2. The molecule has 8 nitrogen and oxygen atoms in total. The Morgan fingerprint density at radius 3 is 2.26 bits per heavy atom. The number of piperidine rings is 1. The fraction of sp³-hybridized carbons (Fsp3) is 0.214. The number of hydrogen-bond acceptors (Lipinski definition) is 5. The summed E-state index contributed by atoms with van der Waals surface area (Å²) in [7, 11) is 0. The molecule has 0 atom stereocenters. The first-order valence-corrected chi connectivity index (χ1v) is 12.4. The molecule has 0 unspecified atom stereocenters. The topological polar surface area (TPSA) is 83.4 Å². The lowest BCUT2D eigenvalue weighted by atomic mass is 9.85. The molecule has 6 rings (SSSR count). The van der Waals surface area contributed by atoms with Crippen molar-refractivity contribution in [3.63, 3.8) is 0 Å². The largest absolute Gasteiger partial charge is 0.339 e. The number of hydrogen-bond donors (Lipinski definition) is 1. The highest BCUT2D eigenvalue weighted by atomic mass is 19.2. The molecule has 4 aromatic rings. The van der Waals surface area contributed by atoms with Crippen molar-refractivity contribution >= 4 is 17.5 Å². The number of carbonyl (C=O) groups excluding carboxylic acids is 2. The second-order valence-electron chi connectivity index (χ2n) is 9.55. The van der Waals surface area contributed by atoms with Crippen LogP contribution in [0.15, 0.2) is 73.1 Å². The lowest BCUT2D eigenvalue weighted by molar-refractivity contribution is -0.124. The number of pyridine rings is 1. The van der Waals surface area contributed by atoms with E-state index in [-0.39, 0.29) is 29.0 Å². The molecular formula is C28H23F3N6O2. The van der Waals surface area contributed by atoms with Gasteiger partial charge in [0.25, 0.3) is 5.91 Å². The quantitative estimate of drug-likeness (QED) is 0.431. The number of nitrogens with zero attached hydrogens (tertiary/aromatic N) is 5. The molecule has 0 saturated carbocycles. The summed E-state index contributed by atoms with van der Waals surface area (Å²) < 4.78 is 42.5. The van der Waals surface area contributed by atoms with Gasteiger partial charge in [-0.1, -0.05) is 0 Å². The van der Waals surface area contributed by atoms with Crippen LogP contribution in [0.25, 0.3) is 16.9 Å². The van der Waals surface area contributed by atoms with Crippen molar-refractivity contribution in [1.29, 1.82) is 0 Å². The lowest BCUT2D eigenvalue weighted by Gasteiger charge is -2.43. The van der Waals surface area contributed by atoms with Gasteiger partial charge in [-0.05, 0) is 67.4 Å². The van der Waals surface area contributed by atoms with E-state index in [0.29, 0.717) is 43.9 Å². The first-order valence-electron chi connectivity index (χ1n) is 12.4. The van der Waals surface area contributed by atoms with E-state index in [1.165, 1.54) is 22.9 Å². The highest BCUT2D eigenvalue weighted by Gasteiger charge is 2.51. The minimum absolute atomic E-state index is 0.124. The summed E-state index contributed by atoms with van der Waals surface area (Å²) in [4.78, 5) is 34.1. The summed E-state index contributed by atoms with van der Waals surface area (Å²) in [6, 6.07) is 14.5. The van der Waals surface area contributed by atoms with E-state index >= 15 is 0 Å². The van der Waals surface area contributed by atoms with Crippen LogP contribution in [0.2, 0.25) is 0 Å². The maximum Gasteiger partial charge on any atom is 0.274 e. The Balaban J connectivity index is 1.28. The number of anilines is 1. The van der Waals surface area contributed by atoms with E-state index in [1.807, 2.05) is 4.90 Å². The summed E-state index contributed by atoms with van der Waals surface area (Å²) in [5, 5.41) is 7.35. The Bertz CT molecular complexity index is 1550. The molecular weight excluding hydrogens is 509 g/mol. The number of nitrogens with one attached hydrogen (secondary N) is 1. The smallest absolute Gasteiger partial charge is 0.274 e. The zero-order chi connectivity index (χ0) is 27.1. The molecule has 11 heteroatoms. The number of rotatable bonds is 4. The van der Waals surface area contributed by atoms with Gasteiger partial charge in [-0.3, -0.25) is 14.6 Å². The van der Waals surface area contributed by atoms with Crippen LogP contribution >= 0.6 is 0 Å². The second kappa shape index (κ2) is 9.57. The summed E-state index contributed by atoms with van der Waals surface area (Å²) in [6.45, 7) is 0.894. The van der Waals surface area contributed by atoms with E-state index in [2.05, 4.69) is 15.4 Å². The molecule has 2 aromatic carbocycles. The maximum atomic E-state index is 14.0. The van der Waals surface area contributed by atoms with Gasteiger partial charge in [0.05, 0.1) is 18.1 Å². The molecule has 2 fully saturated rings. The first kappa shape index (κ1) is 24.7. The summed E-state index contributed by atoms with van der Waals surface area (Å²) >= 11 is 0. The number of halogens is 3. The standard InChI is InChI=1S/C28H23F3N6O2/c29-19-1-3-20(4-2-19)36-17-33-27(39)28(36)9-13-35(14-10-28)26(38)24-16-25(18-7-11-32-12-8-18)37(34-24)21-5-6-22(30)23(31)15-21/h1-8,11-12,15-16H,9-10,13-14,17H2,(H,33,39). The molecule has 0 aliphatic carbocycles. The Labute approximate surface area is 221 Å². The molecule has 1 spiro atoms.